The Morgan fingerprint density at radius 2 is 2.20 bits per heavy atom. The molecular formula is C7H15NO2. The maximum atomic E-state index is 8.96. The minimum absolute atomic E-state index is 0.240. The largest absolute Gasteiger partial charge is 0.380 e. The van der Waals surface area contributed by atoms with Crippen molar-refractivity contribution in [2.24, 2.45) is 5.41 Å². The van der Waals surface area contributed by atoms with Crippen molar-refractivity contribution in [2.75, 3.05) is 26.8 Å². The number of nitrogens with zero attached hydrogens (tertiary/aromatic N) is 1. The molecule has 0 amide bonds. The van der Waals surface area contributed by atoms with E-state index in [-0.39, 0.29) is 5.41 Å². The minimum atomic E-state index is 0.240. The molecule has 0 unspecified atom stereocenters. The third-order valence-electron chi connectivity index (χ3n) is 2.13. The summed E-state index contributed by atoms with van der Waals surface area (Å²) >= 11 is 0. The highest BCUT2D eigenvalue weighted by Crippen LogP contribution is 2.31. The highest BCUT2D eigenvalue weighted by atomic mass is 16.5. The maximum absolute atomic E-state index is 8.96. The lowest BCUT2D eigenvalue weighted by Crippen LogP contribution is -2.48. The fourth-order valence-electron chi connectivity index (χ4n) is 1.28. The van der Waals surface area contributed by atoms with Crippen LogP contribution in [0.4, 0.5) is 0 Å². The van der Waals surface area contributed by atoms with Gasteiger partial charge in [0.05, 0.1) is 13.2 Å². The summed E-state index contributed by atoms with van der Waals surface area (Å²) in [5, 5.41) is 10.2. The van der Waals surface area contributed by atoms with Crippen molar-refractivity contribution in [3.05, 3.63) is 0 Å². The number of rotatable bonds is 3. The van der Waals surface area contributed by atoms with E-state index in [4.69, 9.17) is 9.94 Å². The van der Waals surface area contributed by atoms with Crippen LogP contribution in [0.25, 0.3) is 0 Å². The number of hydrogen-bond donors (Lipinski definition) is 1. The van der Waals surface area contributed by atoms with Crippen LogP contribution in [-0.2, 0) is 4.74 Å². The lowest BCUT2D eigenvalue weighted by molar-refractivity contribution is -0.176. The lowest BCUT2D eigenvalue weighted by Gasteiger charge is -2.41. The Morgan fingerprint density at radius 3 is 2.30 bits per heavy atom. The fraction of sp³-hybridized carbons (Fsp3) is 1.00. The summed E-state index contributed by atoms with van der Waals surface area (Å²) in [7, 11) is 1.68. The SMILES string of the molecule is CCC1(CN(C)O)COC1. The molecule has 1 aliphatic rings. The fourth-order valence-corrected chi connectivity index (χ4v) is 1.28. The molecule has 10 heavy (non-hydrogen) atoms. The van der Waals surface area contributed by atoms with Crippen LogP contribution in [0.2, 0.25) is 0 Å². The van der Waals surface area contributed by atoms with Gasteiger partial charge in [-0.25, -0.2) is 0 Å². The van der Waals surface area contributed by atoms with Gasteiger partial charge in [-0.15, -0.1) is 0 Å². The Morgan fingerprint density at radius 1 is 1.60 bits per heavy atom. The van der Waals surface area contributed by atoms with Crippen LogP contribution in [0.5, 0.6) is 0 Å². The molecule has 0 radical (unpaired) electrons. The van der Waals surface area contributed by atoms with Crippen LogP contribution >= 0.6 is 0 Å². The van der Waals surface area contributed by atoms with Crippen LogP contribution in [0.3, 0.4) is 0 Å². The van der Waals surface area contributed by atoms with Crippen molar-refractivity contribution in [1.82, 2.24) is 5.06 Å². The molecule has 0 aromatic carbocycles. The smallest absolute Gasteiger partial charge is 0.0557 e. The van der Waals surface area contributed by atoms with Crippen molar-refractivity contribution >= 4 is 0 Å². The van der Waals surface area contributed by atoms with E-state index in [0.29, 0.717) is 0 Å². The van der Waals surface area contributed by atoms with E-state index in [2.05, 4.69) is 6.92 Å². The Balaban J connectivity index is 2.33. The first kappa shape index (κ1) is 7.98. The predicted octanol–water partition coefficient (Wildman–Crippen LogP) is 0.734. The summed E-state index contributed by atoms with van der Waals surface area (Å²) in [4.78, 5) is 0. The van der Waals surface area contributed by atoms with E-state index in [1.165, 1.54) is 5.06 Å². The zero-order valence-electron chi connectivity index (χ0n) is 6.63. The molecule has 3 heteroatoms. The average Bonchev–Trinajstić information content (AvgIpc) is 1.78. The van der Waals surface area contributed by atoms with Gasteiger partial charge < -0.3 is 9.94 Å². The second-order valence-electron chi connectivity index (χ2n) is 3.16. The quantitative estimate of drug-likeness (QED) is 0.594. The van der Waals surface area contributed by atoms with E-state index in [1.54, 1.807) is 7.05 Å². The third-order valence-corrected chi connectivity index (χ3v) is 2.13. The first-order valence-corrected chi connectivity index (χ1v) is 3.66. The maximum Gasteiger partial charge on any atom is 0.0557 e. The van der Waals surface area contributed by atoms with Gasteiger partial charge in [-0.3, -0.25) is 0 Å². The van der Waals surface area contributed by atoms with Crippen LogP contribution in [0.1, 0.15) is 13.3 Å². The van der Waals surface area contributed by atoms with Crippen LogP contribution in [0, 0.1) is 5.41 Å². The van der Waals surface area contributed by atoms with Gasteiger partial charge >= 0.3 is 0 Å². The van der Waals surface area contributed by atoms with Gasteiger partial charge in [-0.1, -0.05) is 6.92 Å². The summed E-state index contributed by atoms with van der Waals surface area (Å²) in [6, 6.07) is 0. The van der Waals surface area contributed by atoms with Crippen molar-refractivity contribution in [1.29, 1.82) is 0 Å². The number of ether oxygens (including phenoxy) is 1. The van der Waals surface area contributed by atoms with E-state index < -0.39 is 0 Å². The normalized spacial score (nSPS) is 22.8. The van der Waals surface area contributed by atoms with Gasteiger partial charge in [-0.2, -0.15) is 5.06 Å². The highest BCUT2D eigenvalue weighted by molar-refractivity contribution is 4.85. The molecule has 0 atom stereocenters. The number of hydroxylamine groups is 2. The molecule has 0 bridgehead atoms. The first-order valence-electron chi connectivity index (χ1n) is 3.66. The summed E-state index contributed by atoms with van der Waals surface area (Å²) in [5.41, 5.74) is 0.240. The molecule has 0 aromatic rings. The van der Waals surface area contributed by atoms with Gasteiger partial charge in [0.2, 0.25) is 0 Å². The van der Waals surface area contributed by atoms with Gasteiger partial charge in [0.1, 0.15) is 0 Å². The van der Waals surface area contributed by atoms with Crippen molar-refractivity contribution < 1.29 is 9.94 Å². The molecular weight excluding hydrogens is 130 g/mol. The van der Waals surface area contributed by atoms with Gasteiger partial charge in [0.15, 0.2) is 0 Å². The summed E-state index contributed by atoms with van der Waals surface area (Å²) < 4.78 is 5.09. The molecule has 0 aliphatic carbocycles. The van der Waals surface area contributed by atoms with Crippen molar-refractivity contribution in [2.45, 2.75) is 13.3 Å². The van der Waals surface area contributed by atoms with Crippen LogP contribution in [0.15, 0.2) is 0 Å². The molecule has 60 valence electrons. The Hall–Kier alpha value is -0.120. The van der Waals surface area contributed by atoms with Crippen LogP contribution < -0.4 is 0 Å². The molecule has 1 N–H and O–H groups in total. The molecule has 3 nitrogen and oxygen atoms in total. The first-order chi connectivity index (χ1) is 4.68. The lowest BCUT2D eigenvalue weighted by atomic mass is 9.83. The molecule has 1 heterocycles. The van der Waals surface area contributed by atoms with Crippen molar-refractivity contribution in [3.63, 3.8) is 0 Å². The molecule has 0 spiro atoms. The highest BCUT2D eigenvalue weighted by Gasteiger charge is 2.37. The summed E-state index contributed by atoms with van der Waals surface area (Å²) in [5.74, 6) is 0. The van der Waals surface area contributed by atoms with E-state index in [1.807, 2.05) is 0 Å². The molecule has 0 aromatic heterocycles. The molecule has 1 saturated heterocycles. The third kappa shape index (κ3) is 1.48. The van der Waals surface area contributed by atoms with Gasteiger partial charge in [-0.05, 0) is 6.42 Å². The van der Waals surface area contributed by atoms with Gasteiger partial charge in [0, 0.05) is 19.0 Å². The zero-order valence-corrected chi connectivity index (χ0v) is 6.63. The Kier molecular flexibility index (Phi) is 2.28. The molecule has 1 aliphatic heterocycles. The second-order valence-corrected chi connectivity index (χ2v) is 3.16. The van der Waals surface area contributed by atoms with E-state index >= 15 is 0 Å². The second kappa shape index (κ2) is 2.86. The Bertz CT molecular complexity index is 105. The average molecular weight is 145 g/mol. The predicted molar refractivity (Wildman–Crippen MR) is 38.0 cm³/mol. The summed E-state index contributed by atoms with van der Waals surface area (Å²) in [6.45, 7) is 4.46. The zero-order chi connectivity index (χ0) is 7.61. The van der Waals surface area contributed by atoms with E-state index in [0.717, 1.165) is 26.2 Å². The van der Waals surface area contributed by atoms with Gasteiger partial charge in [0.25, 0.3) is 0 Å². The van der Waals surface area contributed by atoms with Crippen molar-refractivity contribution in [3.8, 4) is 0 Å². The van der Waals surface area contributed by atoms with Crippen LogP contribution in [-0.4, -0.2) is 37.1 Å². The molecule has 1 rings (SSSR count). The topological polar surface area (TPSA) is 32.7 Å². The molecule has 0 saturated carbocycles. The Labute approximate surface area is 61.5 Å². The monoisotopic (exact) mass is 145 g/mol. The standard InChI is InChI=1S/C7H15NO2/c1-3-7(4-8(2)9)5-10-6-7/h9H,3-6H2,1-2H3. The molecule has 1 fully saturated rings. The minimum Gasteiger partial charge on any atom is -0.380 e. The summed E-state index contributed by atoms with van der Waals surface area (Å²) in [6.07, 6.45) is 1.08. The van der Waals surface area contributed by atoms with E-state index in [9.17, 15) is 0 Å². The number of hydrogen-bond acceptors (Lipinski definition) is 3.